The third kappa shape index (κ3) is 2.85. The maximum Gasteiger partial charge on any atom is 0.226 e. The second-order valence-electron chi connectivity index (χ2n) is 5.66. The Balaban J connectivity index is 1.88. The van der Waals surface area contributed by atoms with Gasteiger partial charge in [-0.3, -0.25) is 9.59 Å². The third-order valence-corrected chi connectivity index (χ3v) is 4.38. The predicted molar refractivity (Wildman–Crippen MR) is 70.0 cm³/mol. The van der Waals surface area contributed by atoms with Crippen molar-refractivity contribution in [3.8, 4) is 0 Å². The molecule has 4 nitrogen and oxygen atoms in total. The molecule has 0 saturated carbocycles. The van der Waals surface area contributed by atoms with E-state index in [0.717, 1.165) is 45.3 Å². The van der Waals surface area contributed by atoms with Crippen molar-refractivity contribution in [2.45, 2.75) is 52.0 Å². The predicted octanol–water partition coefficient (Wildman–Crippen LogP) is 1.65. The quantitative estimate of drug-likeness (QED) is 0.712. The Morgan fingerprint density at radius 2 is 1.67 bits per heavy atom. The van der Waals surface area contributed by atoms with E-state index >= 15 is 0 Å². The second-order valence-corrected chi connectivity index (χ2v) is 5.66. The van der Waals surface area contributed by atoms with Gasteiger partial charge in [0.05, 0.1) is 0 Å². The molecule has 2 amide bonds. The molecule has 0 aromatic carbocycles. The first kappa shape index (κ1) is 13.4. The number of rotatable bonds is 1. The van der Waals surface area contributed by atoms with Crippen LogP contribution < -0.4 is 0 Å². The number of carbonyl (C=O) groups excluding carboxylic acids is 2. The molecule has 2 heterocycles. The Morgan fingerprint density at radius 3 is 2.22 bits per heavy atom. The summed E-state index contributed by atoms with van der Waals surface area (Å²) < 4.78 is 0. The maximum atomic E-state index is 12.5. The van der Waals surface area contributed by atoms with Crippen molar-refractivity contribution >= 4 is 11.8 Å². The Hall–Kier alpha value is -1.06. The van der Waals surface area contributed by atoms with Gasteiger partial charge in [0.1, 0.15) is 0 Å². The molecule has 2 aliphatic rings. The zero-order valence-electron chi connectivity index (χ0n) is 11.5. The number of hydrogen-bond donors (Lipinski definition) is 0. The number of piperidine rings is 2. The number of nitrogens with zero attached hydrogens (tertiary/aromatic N) is 2. The summed E-state index contributed by atoms with van der Waals surface area (Å²) in [5.41, 5.74) is 0. The van der Waals surface area contributed by atoms with Crippen LogP contribution in [-0.4, -0.2) is 47.3 Å². The van der Waals surface area contributed by atoms with Crippen molar-refractivity contribution in [3.63, 3.8) is 0 Å². The Morgan fingerprint density at radius 1 is 1.00 bits per heavy atom. The smallest absolute Gasteiger partial charge is 0.226 e. The molecule has 1 atom stereocenters. The van der Waals surface area contributed by atoms with Crippen LogP contribution in [0.1, 0.15) is 46.0 Å². The van der Waals surface area contributed by atoms with Crippen LogP contribution in [-0.2, 0) is 9.59 Å². The molecule has 0 spiro atoms. The molecule has 2 rings (SSSR count). The van der Waals surface area contributed by atoms with Gasteiger partial charge in [-0.25, -0.2) is 0 Å². The van der Waals surface area contributed by atoms with E-state index in [0.29, 0.717) is 11.9 Å². The molecule has 0 aromatic rings. The summed E-state index contributed by atoms with van der Waals surface area (Å²) in [6, 6.07) is 0.400. The third-order valence-electron chi connectivity index (χ3n) is 4.38. The van der Waals surface area contributed by atoms with Gasteiger partial charge in [0.25, 0.3) is 0 Å². The number of likely N-dealkylation sites (tertiary alicyclic amines) is 2. The number of amides is 2. The normalized spacial score (nSPS) is 26.2. The molecule has 0 N–H and O–H groups in total. The summed E-state index contributed by atoms with van der Waals surface area (Å²) in [5, 5.41) is 0. The molecule has 2 fully saturated rings. The SMILES string of the molecule is CC(=O)N1CCC(C(=O)N2CCCC[C@H]2C)CC1. The summed E-state index contributed by atoms with van der Waals surface area (Å²) in [6.45, 7) is 6.17. The average molecular weight is 252 g/mol. The highest BCUT2D eigenvalue weighted by Gasteiger charge is 2.32. The first-order chi connectivity index (χ1) is 8.59. The molecule has 18 heavy (non-hydrogen) atoms. The van der Waals surface area contributed by atoms with Crippen molar-refractivity contribution in [1.82, 2.24) is 9.80 Å². The fraction of sp³-hybridized carbons (Fsp3) is 0.857. The molecule has 0 unspecified atom stereocenters. The highest BCUT2D eigenvalue weighted by atomic mass is 16.2. The standard InChI is InChI=1S/C14H24N2O2/c1-11-5-3-4-8-16(11)14(18)13-6-9-15(10-7-13)12(2)17/h11,13H,3-10H2,1-2H3/t11-/m1/s1. The van der Waals surface area contributed by atoms with Gasteiger partial charge < -0.3 is 9.80 Å². The highest BCUT2D eigenvalue weighted by molar-refractivity contribution is 5.80. The molecule has 0 radical (unpaired) electrons. The molecular weight excluding hydrogens is 228 g/mol. The largest absolute Gasteiger partial charge is 0.343 e. The van der Waals surface area contributed by atoms with Crippen LogP contribution in [0.2, 0.25) is 0 Å². The number of hydrogen-bond acceptors (Lipinski definition) is 2. The fourth-order valence-electron chi connectivity index (χ4n) is 3.10. The van der Waals surface area contributed by atoms with E-state index in [1.807, 2.05) is 4.90 Å². The van der Waals surface area contributed by atoms with E-state index in [4.69, 9.17) is 0 Å². The van der Waals surface area contributed by atoms with Crippen LogP contribution in [0.3, 0.4) is 0 Å². The van der Waals surface area contributed by atoms with Crippen LogP contribution in [0.15, 0.2) is 0 Å². The number of carbonyl (C=O) groups is 2. The lowest BCUT2D eigenvalue weighted by atomic mass is 9.93. The van der Waals surface area contributed by atoms with Crippen LogP contribution in [0.5, 0.6) is 0 Å². The zero-order valence-corrected chi connectivity index (χ0v) is 11.5. The Kier molecular flexibility index (Phi) is 4.25. The Bertz CT molecular complexity index is 322. The molecular formula is C14H24N2O2. The van der Waals surface area contributed by atoms with Crippen molar-refractivity contribution < 1.29 is 9.59 Å². The minimum absolute atomic E-state index is 0.132. The summed E-state index contributed by atoms with van der Waals surface area (Å²) >= 11 is 0. The van der Waals surface area contributed by atoms with Gasteiger partial charge >= 0.3 is 0 Å². The van der Waals surface area contributed by atoms with Gasteiger partial charge in [-0.2, -0.15) is 0 Å². The summed E-state index contributed by atoms with van der Waals surface area (Å²) in [5.74, 6) is 0.596. The van der Waals surface area contributed by atoms with E-state index in [2.05, 4.69) is 11.8 Å². The highest BCUT2D eigenvalue weighted by Crippen LogP contribution is 2.24. The zero-order chi connectivity index (χ0) is 13.1. The summed E-state index contributed by atoms with van der Waals surface area (Å²) in [6.07, 6.45) is 5.19. The topological polar surface area (TPSA) is 40.6 Å². The van der Waals surface area contributed by atoms with Crippen molar-refractivity contribution in [2.24, 2.45) is 5.92 Å². The van der Waals surface area contributed by atoms with E-state index < -0.39 is 0 Å². The molecule has 102 valence electrons. The molecule has 0 bridgehead atoms. The van der Waals surface area contributed by atoms with Gasteiger partial charge in [-0.15, -0.1) is 0 Å². The van der Waals surface area contributed by atoms with Crippen molar-refractivity contribution in [2.75, 3.05) is 19.6 Å². The van der Waals surface area contributed by atoms with Gasteiger partial charge in [0.15, 0.2) is 0 Å². The van der Waals surface area contributed by atoms with Crippen LogP contribution in [0.4, 0.5) is 0 Å². The van der Waals surface area contributed by atoms with Gasteiger partial charge in [-0.1, -0.05) is 0 Å². The van der Waals surface area contributed by atoms with Gasteiger partial charge in [-0.05, 0) is 39.0 Å². The molecule has 0 aromatic heterocycles. The van der Waals surface area contributed by atoms with Crippen LogP contribution >= 0.6 is 0 Å². The van der Waals surface area contributed by atoms with Gasteiger partial charge in [0.2, 0.25) is 11.8 Å². The minimum atomic E-state index is 0.132. The van der Waals surface area contributed by atoms with Crippen molar-refractivity contribution in [1.29, 1.82) is 0 Å². The first-order valence-electron chi connectivity index (χ1n) is 7.15. The Labute approximate surface area is 109 Å². The van der Waals surface area contributed by atoms with E-state index in [1.165, 1.54) is 6.42 Å². The lowest BCUT2D eigenvalue weighted by molar-refractivity contribution is -0.142. The first-order valence-corrected chi connectivity index (χ1v) is 7.15. The molecule has 4 heteroatoms. The summed E-state index contributed by atoms with van der Waals surface area (Å²) in [7, 11) is 0. The lowest BCUT2D eigenvalue weighted by Crippen LogP contribution is -2.48. The van der Waals surface area contributed by atoms with Gasteiger partial charge in [0, 0.05) is 38.5 Å². The van der Waals surface area contributed by atoms with Crippen LogP contribution in [0.25, 0.3) is 0 Å². The van der Waals surface area contributed by atoms with Crippen molar-refractivity contribution in [3.05, 3.63) is 0 Å². The van der Waals surface area contributed by atoms with E-state index in [-0.39, 0.29) is 11.8 Å². The fourth-order valence-corrected chi connectivity index (χ4v) is 3.10. The van der Waals surface area contributed by atoms with Crippen LogP contribution in [0, 0.1) is 5.92 Å². The maximum absolute atomic E-state index is 12.5. The van der Waals surface area contributed by atoms with E-state index in [9.17, 15) is 9.59 Å². The lowest BCUT2D eigenvalue weighted by Gasteiger charge is -2.38. The molecule has 2 saturated heterocycles. The van der Waals surface area contributed by atoms with E-state index in [1.54, 1.807) is 6.92 Å². The molecule has 0 aliphatic carbocycles. The minimum Gasteiger partial charge on any atom is -0.343 e. The monoisotopic (exact) mass is 252 g/mol. The summed E-state index contributed by atoms with van der Waals surface area (Å²) in [4.78, 5) is 27.6. The molecule has 2 aliphatic heterocycles. The second kappa shape index (κ2) is 5.72. The average Bonchev–Trinajstić information content (AvgIpc) is 2.38.